The molecule has 0 aliphatic heterocycles. The van der Waals surface area contributed by atoms with Crippen LogP contribution in [-0.4, -0.2) is 16.1 Å². The lowest BCUT2D eigenvalue weighted by molar-refractivity contribution is -0.116. The standard InChI is InChI=1S/C17H23N3OS2/c1-4-5-6-15(21)18-16-19-20-17(23-16)22-11-13-7-9-14(10-8-13)12(2)3/h7-10,12H,4-6,11H2,1-3H3,(H,18,19,21). The van der Waals surface area contributed by atoms with Gasteiger partial charge in [-0.05, 0) is 23.5 Å². The number of nitrogens with one attached hydrogen (secondary N) is 1. The average Bonchev–Trinajstić information content (AvgIpc) is 2.98. The molecule has 2 aromatic rings. The van der Waals surface area contributed by atoms with Gasteiger partial charge in [0.1, 0.15) is 0 Å². The summed E-state index contributed by atoms with van der Waals surface area (Å²) < 4.78 is 0.878. The second-order valence-corrected chi connectivity index (χ2v) is 7.91. The average molecular weight is 350 g/mol. The summed E-state index contributed by atoms with van der Waals surface area (Å²) in [5, 5.41) is 11.6. The molecule has 1 aromatic heterocycles. The molecule has 124 valence electrons. The molecule has 0 radical (unpaired) electrons. The summed E-state index contributed by atoms with van der Waals surface area (Å²) in [6, 6.07) is 8.69. The maximum atomic E-state index is 11.7. The first-order valence-electron chi connectivity index (χ1n) is 7.93. The van der Waals surface area contributed by atoms with Crippen molar-refractivity contribution in [3.05, 3.63) is 35.4 Å². The summed E-state index contributed by atoms with van der Waals surface area (Å²) in [7, 11) is 0. The van der Waals surface area contributed by atoms with Crippen LogP contribution in [0, 0.1) is 0 Å². The van der Waals surface area contributed by atoms with E-state index >= 15 is 0 Å². The summed E-state index contributed by atoms with van der Waals surface area (Å²) in [6.45, 7) is 6.46. The van der Waals surface area contributed by atoms with Crippen LogP contribution < -0.4 is 5.32 Å². The number of rotatable bonds is 8. The van der Waals surface area contributed by atoms with Crippen LogP contribution in [0.25, 0.3) is 0 Å². The van der Waals surface area contributed by atoms with Gasteiger partial charge in [0.25, 0.3) is 0 Å². The number of anilines is 1. The Balaban J connectivity index is 1.83. The number of amides is 1. The van der Waals surface area contributed by atoms with Crippen LogP contribution in [0.1, 0.15) is 57.1 Å². The van der Waals surface area contributed by atoms with Gasteiger partial charge in [-0.3, -0.25) is 4.79 Å². The minimum Gasteiger partial charge on any atom is -0.301 e. The normalized spacial score (nSPS) is 11.0. The molecule has 1 N–H and O–H groups in total. The van der Waals surface area contributed by atoms with Crippen molar-refractivity contribution in [3.8, 4) is 0 Å². The first-order chi connectivity index (χ1) is 11.1. The van der Waals surface area contributed by atoms with E-state index in [0.29, 0.717) is 17.5 Å². The fourth-order valence-corrected chi connectivity index (χ4v) is 3.71. The van der Waals surface area contributed by atoms with Crippen LogP contribution in [0.15, 0.2) is 28.6 Å². The highest BCUT2D eigenvalue weighted by molar-refractivity contribution is 8.00. The fourth-order valence-electron chi connectivity index (χ4n) is 1.98. The maximum absolute atomic E-state index is 11.7. The minimum atomic E-state index is 0.0174. The summed E-state index contributed by atoms with van der Waals surface area (Å²) in [4.78, 5) is 11.7. The fraction of sp³-hybridized carbons (Fsp3) is 0.471. The SMILES string of the molecule is CCCCC(=O)Nc1nnc(SCc2ccc(C(C)C)cc2)s1. The summed E-state index contributed by atoms with van der Waals surface area (Å²) in [6.07, 6.45) is 2.46. The van der Waals surface area contributed by atoms with Crippen molar-refractivity contribution in [1.82, 2.24) is 10.2 Å². The third-order valence-electron chi connectivity index (χ3n) is 3.42. The monoisotopic (exact) mass is 349 g/mol. The van der Waals surface area contributed by atoms with E-state index in [-0.39, 0.29) is 5.91 Å². The van der Waals surface area contributed by atoms with E-state index in [9.17, 15) is 4.79 Å². The van der Waals surface area contributed by atoms with Crippen molar-refractivity contribution in [2.75, 3.05) is 5.32 Å². The van der Waals surface area contributed by atoms with E-state index in [1.54, 1.807) is 11.8 Å². The van der Waals surface area contributed by atoms with Crippen LogP contribution in [0.3, 0.4) is 0 Å². The smallest absolute Gasteiger partial charge is 0.226 e. The van der Waals surface area contributed by atoms with Crippen molar-refractivity contribution in [1.29, 1.82) is 0 Å². The van der Waals surface area contributed by atoms with Gasteiger partial charge in [0, 0.05) is 12.2 Å². The Morgan fingerprint density at radius 2 is 2.00 bits per heavy atom. The van der Waals surface area contributed by atoms with Crippen LogP contribution in [0.2, 0.25) is 0 Å². The van der Waals surface area contributed by atoms with Crippen LogP contribution in [0.5, 0.6) is 0 Å². The second kappa shape index (κ2) is 9.03. The lowest BCUT2D eigenvalue weighted by Gasteiger charge is -2.06. The van der Waals surface area contributed by atoms with Gasteiger partial charge < -0.3 is 5.32 Å². The predicted octanol–water partition coefficient (Wildman–Crippen LogP) is 5.08. The number of unbranched alkanes of at least 4 members (excludes halogenated alkanes) is 1. The van der Waals surface area contributed by atoms with Gasteiger partial charge in [-0.2, -0.15) is 0 Å². The Bertz CT molecular complexity index is 623. The van der Waals surface area contributed by atoms with Crippen LogP contribution >= 0.6 is 23.1 Å². The lowest BCUT2D eigenvalue weighted by Crippen LogP contribution is -2.10. The third kappa shape index (κ3) is 5.95. The molecule has 0 saturated carbocycles. The van der Waals surface area contributed by atoms with Gasteiger partial charge in [0.15, 0.2) is 4.34 Å². The van der Waals surface area contributed by atoms with E-state index < -0.39 is 0 Å². The van der Waals surface area contributed by atoms with E-state index in [1.807, 2.05) is 0 Å². The minimum absolute atomic E-state index is 0.0174. The Morgan fingerprint density at radius 3 is 2.65 bits per heavy atom. The quantitative estimate of drug-likeness (QED) is 0.533. The molecule has 1 amide bonds. The number of nitrogens with zero attached hydrogens (tertiary/aromatic N) is 2. The number of carbonyl (C=O) groups excluding carboxylic acids is 1. The van der Waals surface area contributed by atoms with Crippen molar-refractivity contribution < 1.29 is 4.79 Å². The van der Waals surface area contributed by atoms with Gasteiger partial charge in [-0.25, -0.2) is 0 Å². The third-order valence-corrected chi connectivity index (χ3v) is 5.46. The molecule has 1 aromatic carbocycles. The number of thioether (sulfide) groups is 1. The Kier molecular flexibility index (Phi) is 7.05. The summed E-state index contributed by atoms with van der Waals surface area (Å²) in [5.41, 5.74) is 2.62. The Morgan fingerprint density at radius 1 is 1.26 bits per heavy atom. The molecule has 0 unspecified atom stereocenters. The number of hydrogen-bond donors (Lipinski definition) is 1. The molecule has 0 bridgehead atoms. The molecule has 0 fully saturated rings. The van der Waals surface area contributed by atoms with Gasteiger partial charge in [0.05, 0.1) is 0 Å². The molecule has 0 spiro atoms. The summed E-state index contributed by atoms with van der Waals surface area (Å²) >= 11 is 3.08. The molecular formula is C17H23N3OS2. The second-order valence-electron chi connectivity index (χ2n) is 5.71. The van der Waals surface area contributed by atoms with Gasteiger partial charge in [0.2, 0.25) is 11.0 Å². The van der Waals surface area contributed by atoms with E-state index in [0.717, 1.165) is 22.9 Å². The van der Waals surface area contributed by atoms with Gasteiger partial charge >= 0.3 is 0 Å². The number of benzene rings is 1. The molecular weight excluding hydrogens is 326 g/mol. The lowest BCUT2D eigenvalue weighted by atomic mass is 10.0. The van der Waals surface area contributed by atoms with Crippen molar-refractivity contribution in [3.63, 3.8) is 0 Å². The number of hydrogen-bond acceptors (Lipinski definition) is 5. The van der Waals surface area contributed by atoms with E-state index in [4.69, 9.17) is 0 Å². The molecule has 0 atom stereocenters. The van der Waals surface area contributed by atoms with Crippen LogP contribution in [0.4, 0.5) is 5.13 Å². The Hall–Kier alpha value is -1.40. The molecule has 0 saturated heterocycles. The largest absolute Gasteiger partial charge is 0.301 e. The zero-order valence-electron chi connectivity index (χ0n) is 13.8. The van der Waals surface area contributed by atoms with Gasteiger partial charge in [-0.1, -0.05) is 74.6 Å². The summed E-state index contributed by atoms with van der Waals surface area (Å²) in [5.74, 6) is 1.43. The maximum Gasteiger partial charge on any atom is 0.226 e. The predicted molar refractivity (Wildman–Crippen MR) is 98.2 cm³/mol. The van der Waals surface area contributed by atoms with Crippen molar-refractivity contribution >= 4 is 34.1 Å². The highest BCUT2D eigenvalue weighted by Crippen LogP contribution is 2.28. The first-order valence-corrected chi connectivity index (χ1v) is 9.73. The zero-order chi connectivity index (χ0) is 16.7. The van der Waals surface area contributed by atoms with E-state index in [1.165, 1.54) is 22.5 Å². The molecule has 0 aliphatic carbocycles. The molecule has 2 rings (SSSR count). The highest BCUT2D eigenvalue weighted by Gasteiger charge is 2.08. The first kappa shape index (κ1) is 17.9. The molecule has 1 heterocycles. The molecule has 0 aliphatic rings. The number of carbonyl (C=O) groups is 1. The molecule has 4 nitrogen and oxygen atoms in total. The van der Waals surface area contributed by atoms with Crippen molar-refractivity contribution in [2.24, 2.45) is 0 Å². The van der Waals surface area contributed by atoms with Crippen LogP contribution in [-0.2, 0) is 10.5 Å². The molecule has 6 heteroatoms. The van der Waals surface area contributed by atoms with Crippen molar-refractivity contribution in [2.45, 2.75) is 56.0 Å². The molecule has 23 heavy (non-hydrogen) atoms. The topological polar surface area (TPSA) is 54.9 Å². The van der Waals surface area contributed by atoms with Gasteiger partial charge in [-0.15, -0.1) is 10.2 Å². The highest BCUT2D eigenvalue weighted by atomic mass is 32.2. The number of aromatic nitrogens is 2. The van der Waals surface area contributed by atoms with E-state index in [2.05, 4.69) is 60.6 Å². The zero-order valence-corrected chi connectivity index (χ0v) is 15.5. The Labute approximate surface area is 146 Å².